The molecule has 0 spiro atoms. The highest BCUT2D eigenvalue weighted by atomic mass is 16.6. The summed E-state index contributed by atoms with van der Waals surface area (Å²) in [7, 11) is 0. The quantitative estimate of drug-likeness (QED) is 0.520. The van der Waals surface area contributed by atoms with Gasteiger partial charge in [-0.25, -0.2) is 5.90 Å². The summed E-state index contributed by atoms with van der Waals surface area (Å²) in [6.45, 7) is 2.05. The molecule has 1 amide bonds. The van der Waals surface area contributed by atoms with Crippen LogP contribution in [0, 0.1) is 5.92 Å². The van der Waals surface area contributed by atoms with Crippen molar-refractivity contribution in [3.8, 4) is 0 Å². The van der Waals surface area contributed by atoms with Gasteiger partial charge in [-0.05, 0) is 12.3 Å². The van der Waals surface area contributed by atoms with Crippen LogP contribution >= 0.6 is 0 Å². The fourth-order valence-corrected chi connectivity index (χ4v) is 0.847. The van der Waals surface area contributed by atoms with E-state index in [9.17, 15) is 4.79 Å². The first-order chi connectivity index (χ1) is 4.74. The molecular weight excluding hydrogens is 132 g/mol. The summed E-state index contributed by atoms with van der Waals surface area (Å²) >= 11 is 0. The summed E-state index contributed by atoms with van der Waals surface area (Å²) < 4.78 is 0. The molecule has 0 aromatic carbocycles. The first-order valence-electron chi connectivity index (χ1n) is 3.35. The van der Waals surface area contributed by atoms with Gasteiger partial charge in [0.05, 0.1) is 0 Å². The standard InChI is InChI=1S/C6H12N2O2/c1-4-2-5(4)8-6(9)3-10-7/h4-5H,2-3,7H2,1H3,(H,8,9). The van der Waals surface area contributed by atoms with Crippen LogP contribution in [0.15, 0.2) is 0 Å². The monoisotopic (exact) mass is 144 g/mol. The molecule has 1 fully saturated rings. The van der Waals surface area contributed by atoms with Gasteiger partial charge in [-0.15, -0.1) is 0 Å². The maximum Gasteiger partial charge on any atom is 0.248 e. The molecule has 0 bridgehead atoms. The van der Waals surface area contributed by atoms with E-state index in [0.29, 0.717) is 12.0 Å². The van der Waals surface area contributed by atoms with Gasteiger partial charge in [0.1, 0.15) is 6.61 Å². The smallest absolute Gasteiger partial charge is 0.248 e. The van der Waals surface area contributed by atoms with Gasteiger partial charge in [0, 0.05) is 6.04 Å². The molecule has 58 valence electrons. The molecule has 0 heterocycles. The minimum absolute atomic E-state index is 0.0385. The number of carbonyl (C=O) groups excluding carboxylic acids is 1. The van der Waals surface area contributed by atoms with Crippen molar-refractivity contribution in [3.05, 3.63) is 0 Å². The molecule has 2 unspecified atom stereocenters. The van der Waals surface area contributed by atoms with Crippen molar-refractivity contribution < 1.29 is 9.63 Å². The maximum absolute atomic E-state index is 10.7. The van der Waals surface area contributed by atoms with E-state index < -0.39 is 0 Å². The Bertz CT molecular complexity index is 138. The Morgan fingerprint density at radius 3 is 2.90 bits per heavy atom. The lowest BCUT2D eigenvalue weighted by Crippen LogP contribution is -2.31. The van der Waals surface area contributed by atoms with Crippen molar-refractivity contribution in [3.63, 3.8) is 0 Å². The lowest BCUT2D eigenvalue weighted by molar-refractivity contribution is -0.126. The van der Waals surface area contributed by atoms with Crippen molar-refractivity contribution in [1.82, 2.24) is 5.32 Å². The molecule has 4 nitrogen and oxygen atoms in total. The lowest BCUT2D eigenvalue weighted by Gasteiger charge is -2.00. The van der Waals surface area contributed by atoms with E-state index in [4.69, 9.17) is 5.90 Å². The second-order valence-electron chi connectivity index (χ2n) is 2.70. The number of rotatable bonds is 3. The molecule has 10 heavy (non-hydrogen) atoms. The Morgan fingerprint density at radius 2 is 2.50 bits per heavy atom. The second kappa shape index (κ2) is 2.98. The van der Waals surface area contributed by atoms with E-state index >= 15 is 0 Å². The van der Waals surface area contributed by atoms with Crippen LogP contribution in [0.25, 0.3) is 0 Å². The van der Waals surface area contributed by atoms with Gasteiger partial charge in [0.25, 0.3) is 0 Å². The van der Waals surface area contributed by atoms with E-state index in [-0.39, 0.29) is 12.5 Å². The third kappa shape index (κ3) is 1.97. The van der Waals surface area contributed by atoms with Crippen LogP contribution in [0.2, 0.25) is 0 Å². The average molecular weight is 144 g/mol. The SMILES string of the molecule is CC1CC1NC(=O)CON. The third-order valence-corrected chi connectivity index (χ3v) is 1.67. The molecule has 1 aliphatic carbocycles. The maximum atomic E-state index is 10.7. The summed E-state index contributed by atoms with van der Waals surface area (Å²) in [5.74, 6) is 5.20. The Balaban J connectivity index is 2.07. The number of nitrogens with one attached hydrogen (secondary N) is 1. The van der Waals surface area contributed by atoms with E-state index in [2.05, 4.69) is 17.1 Å². The molecule has 1 saturated carbocycles. The highest BCUT2D eigenvalue weighted by Crippen LogP contribution is 2.28. The van der Waals surface area contributed by atoms with Gasteiger partial charge in [0.2, 0.25) is 5.91 Å². The van der Waals surface area contributed by atoms with Crippen LogP contribution in [-0.2, 0) is 9.63 Å². The average Bonchev–Trinajstić information content (AvgIpc) is 2.47. The van der Waals surface area contributed by atoms with Gasteiger partial charge in [-0.1, -0.05) is 6.92 Å². The normalized spacial score (nSPS) is 29.8. The van der Waals surface area contributed by atoms with E-state index in [1.54, 1.807) is 0 Å². The number of hydrogen-bond acceptors (Lipinski definition) is 3. The minimum atomic E-state index is -0.128. The van der Waals surface area contributed by atoms with Crippen LogP contribution in [0.4, 0.5) is 0 Å². The first-order valence-corrected chi connectivity index (χ1v) is 3.35. The molecule has 2 atom stereocenters. The molecule has 0 aromatic heterocycles. The van der Waals surface area contributed by atoms with Crippen molar-refractivity contribution >= 4 is 5.91 Å². The topological polar surface area (TPSA) is 64.3 Å². The number of nitrogens with two attached hydrogens (primary N) is 1. The van der Waals surface area contributed by atoms with Crippen molar-refractivity contribution in [2.45, 2.75) is 19.4 Å². The molecule has 4 heteroatoms. The van der Waals surface area contributed by atoms with Crippen LogP contribution < -0.4 is 11.2 Å². The van der Waals surface area contributed by atoms with Gasteiger partial charge >= 0.3 is 0 Å². The van der Waals surface area contributed by atoms with Crippen molar-refractivity contribution in [2.75, 3.05) is 6.61 Å². The molecule has 0 saturated heterocycles. The van der Waals surface area contributed by atoms with Gasteiger partial charge in [-0.2, -0.15) is 0 Å². The Morgan fingerprint density at radius 1 is 1.90 bits per heavy atom. The second-order valence-corrected chi connectivity index (χ2v) is 2.70. The Labute approximate surface area is 59.7 Å². The van der Waals surface area contributed by atoms with Gasteiger partial charge < -0.3 is 5.32 Å². The fourth-order valence-electron chi connectivity index (χ4n) is 0.847. The Kier molecular flexibility index (Phi) is 2.24. The van der Waals surface area contributed by atoms with E-state index in [0.717, 1.165) is 6.42 Å². The van der Waals surface area contributed by atoms with Gasteiger partial charge in [0.15, 0.2) is 0 Å². The molecule has 1 aliphatic rings. The largest absolute Gasteiger partial charge is 0.351 e. The minimum Gasteiger partial charge on any atom is -0.351 e. The van der Waals surface area contributed by atoms with Gasteiger partial charge in [-0.3, -0.25) is 9.63 Å². The number of carbonyl (C=O) groups is 1. The predicted molar refractivity (Wildman–Crippen MR) is 35.9 cm³/mol. The highest BCUT2D eigenvalue weighted by Gasteiger charge is 2.33. The summed E-state index contributed by atoms with van der Waals surface area (Å²) in [6.07, 6.45) is 1.08. The molecule has 3 N–H and O–H groups in total. The van der Waals surface area contributed by atoms with Crippen LogP contribution in [-0.4, -0.2) is 18.6 Å². The highest BCUT2D eigenvalue weighted by molar-refractivity contribution is 5.77. The Hall–Kier alpha value is -0.610. The van der Waals surface area contributed by atoms with Crippen molar-refractivity contribution in [1.29, 1.82) is 0 Å². The predicted octanol–water partition coefficient (Wildman–Crippen LogP) is -0.599. The molecular formula is C6H12N2O2. The molecule has 0 radical (unpaired) electrons. The third-order valence-electron chi connectivity index (χ3n) is 1.67. The van der Waals surface area contributed by atoms with Crippen molar-refractivity contribution in [2.24, 2.45) is 11.8 Å². The van der Waals surface area contributed by atoms with Crippen LogP contribution in [0.5, 0.6) is 0 Å². The van der Waals surface area contributed by atoms with E-state index in [1.807, 2.05) is 0 Å². The zero-order valence-corrected chi connectivity index (χ0v) is 5.96. The fraction of sp³-hybridized carbons (Fsp3) is 0.833. The molecule has 0 aliphatic heterocycles. The summed E-state index contributed by atoms with van der Waals surface area (Å²) in [5.41, 5.74) is 0. The molecule has 0 aromatic rings. The summed E-state index contributed by atoms with van der Waals surface area (Å²) in [5, 5.41) is 2.76. The van der Waals surface area contributed by atoms with Crippen LogP contribution in [0.1, 0.15) is 13.3 Å². The zero-order valence-electron chi connectivity index (χ0n) is 5.96. The lowest BCUT2D eigenvalue weighted by atomic mass is 10.5. The zero-order chi connectivity index (χ0) is 7.56. The molecule has 1 rings (SSSR count). The van der Waals surface area contributed by atoms with E-state index in [1.165, 1.54) is 0 Å². The van der Waals surface area contributed by atoms with Crippen LogP contribution in [0.3, 0.4) is 0 Å². The summed E-state index contributed by atoms with van der Waals surface area (Å²) in [4.78, 5) is 14.9. The first kappa shape index (κ1) is 7.50. The number of amides is 1. The number of hydrogen-bond donors (Lipinski definition) is 2. The summed E-state index contributed by atoms with van der Waals surface area (Å²) in [6, 6.07) is 0.364.